The molecule has 0 saturated carbocycles. The minimum atomic E-state index is -0.959. The molecule has 2 rings (SSSR count). The summed E-state index contributed by atoms with van der Waals surface area (Å²) in [6.07, 6.45) is 0.141. The zero-order chi connectivity index (χ0) is 10.8. The van der Waals surface area contributed by atoms with Gasteiger partial charge in [0.05, 0.1) is 5.69 Å². The molecule has 0 saturated heterocycles. The molecule has 0 amide bonds. The highest BCUT2D eigenvalue weighted by molar-refractivity contribution is 5.12. The summed E-state index contributed by atoms with van der Waals surface area (Å²) in [5.74, 6) is 0. The van der Waals surface area contributed by atoms with Crippen LogP contribution in [0.15, 0.2) is 6.07 Å². The van der Waals surface area contributed by atoms with Crippen molar-refractivity contribution in [3.63, 3.8) is 0 Å². The van der Waals surface area contributed by atoms with Crippen molar-refractivity contribution < 1.29 is 5.11 Å². The Morgan fingerprint density at radius 3 is 3.07 bits per heavy atom. The number of aromatic nitrogens is 2. The highest BCUT2D eigenvalue weighted by Gasteiger charge is 2.16. The van der Waals surface area contributed by atoms with Gasteiger partial charge in [-0.05, 0) is 19.0 Å². The van der Waals surface area contributed by atoms with Gasteiger partial charge in [0.25, 0.3) is 0 Å². The Balaban J connectivity index is 2.22. The number of rotatable bonds is 2. The van der Waals surface area contributed by atoms with E-state index in [1.54, 1.807) is 0 Å². The third kappa shape index (κ3) is 2.19. The van der Waals surface area contributed by atoms with Crippen LogP contribution < -0.4 is 5.73 Å². The lowest BCUT2D eigenvalue weighted by Gasteiger charge is -2.16. The van der Waals surface area contributed by atoms with Crippen LogP contribution in [0.25, 0.3) is 0 Å². The largest absolute Gasteiger partial charge is 0.373 e. The molecule has 0 bridgehead atoms. The lowest BCUT2D eigenvalue weighted by atomic mass is 10.3. The maximum atomic E-state index is 9.25. The second-order valence-corrected chi connectivity index (χ2v) is 3.95. The van der Waals surface area contributed by atoms with Crippen LogP contribution in [0.2, 0.25) is 0 Å². The van der Waals surface area contributed by atoms with Crippen LogP contribution in [-0.2, 0) is 13.1 Å². The number of nitrogens with zero attached hydrogens (tertiary/aromatic N) is 3. The van der Waals surface area contributed by atoms with Gasteiger partial charge in [-0.2, -0.15) is 5.10 Å². The quantitative estimate of drug-likeness (QED) is 0.677. The molecular weight excluding hydrogens is 192 g/mol. The maximum absolute atomic E-state index is 9.25. The van der Waals surface area contributed by atoms with Crippen molar-refractivity contribution in [2.24, 2.45) is 5.73 Å². The maximum Gasteiger partial charge on any atom is 0.147 e. The van der Waals surface area contributed by atoms with Crippen molar-refractivity contribution in [2.75, 3.05) is 13.1 Å². The predicted molar refractivity (Wildman–Crippen MR) is 56.9 cm³/mol. The van der Waals surface area contributed by atoms with Gasteiger partial charge in [-0.15, -0.1) is 0 Å². The summed E-state index contributed by atoms with van der Waals surface area (Å²) in [6.45, 7) is 6.13. The van der Waals surface area contributed by atoms with Gasteiger partial charge < -0.3 is 10.8 Å². The van der Waals surface area contributed by atoms with Gasteiger partial charge in [0.15, 0.2) is 0 Å². The topological polar surface area (TPSA) is 67.3 Å². The van der Waals surface area contributed by atoms with Crippen LogP contribution in [0, 0.1) is 0 Å². The van der Waals surface area contributed by atoms with Crippen molar-refractivity contribution in [2.45, 2.75) is 32.7 Å². The van der Waals surface area contributed by atoms with Crippen molar-refractivity contribution in [1.82, 2.24) is 14.7 Å². The van der Waals surface area contributed by atoms with Crippen molar-refractivity contribution in [3.8, 4) is 0 Å². The van der Waals surface area contributed by atoms with E-state index in [0.29, 0.717) is 5.69 Å². The second-order valence-electron chi connectivity index (χ2n) is 3.95. The number of fused-ring (bicyclic) bond motifs is 1. The number of aliphatic hydroxyl groups excluding tert-OH is 1. The van der Waals surface area contributed by atoms with E-state index in [1.807, 2.05) is 10.7 Å². The minimum Gasteiger partial charge on any atom is -0.373 e. The summed E-state index contributed by atoms with van der Waals surface area (Å²) >= 11 is 0. The molecule has 5 heteroatoms. The molecule has 84 valence electrons. The van der Waals surface area contributed by atoms with Gasteiger partial charge in [-0.25, -0.2) is 0 Å². The van der Waals surface area contributed by atoms with Crippen LogP contribution in [0.5, 0.6) is 0 Å². The monoisotopic (exact) mass is 210 g/mol. The fourth-order valence-corrected chi connectivity index (χ4v) is 1.97. The molecule has 0 aromatic carbocycles. The first-order valence-electron chi connectivity index (χ1n) is 5.43. The average Bonchev–Trinajstić information content (AvgIpc) is 2.51. The highest BCUT2D eigenvalue weighted by atomic mass is 16.3. The van der Waals surface area contributed by atoms with Gasteiger partial charge in [-0.1, -0.05) is 6.92 Å². The molecular formula is C10H18N4O. The Hall–Kier alpha value is -0.910. The van der Waals surface area contributed by atoms with E-state index in [0.717, 1.165) is 38.3 Å². The molecule has 3 N–H and O–H groups in total. The third-order valence-corrected chi connectivity index (χ3v) is 2.86. The fourth-order valence-electron chi connectivity index (χ4n) is 1.97. The molecule has 0 aliphatic carbocycles. The molecule has 1 aromatic rings. The Morgan fingerprint density at radius 1 is 1.60 bits per heavy atom. The molecule has 15 heavy (non-hydrogen) atoms. The van der Waals surface area contributed by atoms with Crippen molar-refractivity contribution >= 4 is 0 Å². The van der Waals surface area contributed by atoms with Gasteiger partial charge >= 0.3 is 0 Å². The molecule has 1 unspecified atom stereocenters. The number of aliphatic hydroxyl groups is 1. The van der Waals surface area contributed by atoms with E-state index < -0.39 is 6.23 Å². The van der Waals surface area contributed by atoms with Gasteiger partial charge in [0.2, 0.25) is 0 Å². The Bertz CT molecular complexity index is 334. The van der Waals surface area contributed by atoms with E-state index in [-0.39, 0.29) is 0 Å². The normalized spacial score (nSPS) is 19.7. The zero-order valence-electron chi connectivity index (χ0n) is 9.06. The second kappa shape index (κ2) is 4.30. The Labute approximate surface area is 89.5 Å². The summed E-state index contributed by atoms with van der Waals surface area (Å²) < 4.78 is 1.96. The van der Waals surface area contributed by atoms with E-state index in [1.165, 1.54) is 0 Å². The number of nitrogens with two attached hydrogens (primary N) is 1. The Morgan fingerprint density at radius 2 is 2.40 bits per heavy atom. The molecule has 0 fully saturated rings. The van der Waals surface area contributed by atoms with E-state index in [4.69, 9.17) is 5.73 Å². The molecule has 0 spiro atoms. The Kier molecular flexibility index (Phi) is 3.04. The first-order chi connectivity index (χ1) is 7.20. The summed E-state index contributed by atoms with van der Waals surface area (Å²) in [4.78, 5) is 2.37. The summed E-state index contributed by atoms with van der Waals surface area (Å²) in [6, 6.07) is 1.90. The van der Waals surface area contributed by atoms with Crippen molar-refractivity contribution in [3.05, 3.63) is 17.5 Å². The lowest BCUT2D eigenvalue weighted by Crippen LogP contribution is -2.22. The highest BCUT2D eigenvalue weighted by Crippen LogP contribution is 2.15. The predicted octanol–water partition coefficient (Wildman–Crippen LogP) is 0.0583. The lowest BCUT2D eigenvalue weighted by molar-refractivity contribution is 0.180. The molecule has 1 aliphatic rings. The molecule has 1 aliphatic heterocycles. The van der Waals surface area contributed by atoms with Crippen molar-refractivity contribution in [1.29, 1.82) is 0 Å². The van der Waals surface area contributed by atoms with E-state index in [9.17, 15) is 5.11 Å². The van der Waals surface area contributed by atoms with E-state index in [2.05, 4.69) is 16.9 Å². The fraction of sp³-hybridized carbons (Fsp3) is 0.700. The number of aryl methyl sites for hydroxylation is 1. The minimum absolute atomic E-state index is 0.572. The van der Waals surface area contributed by atoms with Gasteiger partial charge in [0, 0.05) is 19.6 Å². The first-order valence-corrected chi connectivity index (χ1v) is 5.43. The average molecular weight is 210 g/mol. The molecule has 0 radical (unpaired) electrons. The summed E-state index contributed by atoms with van der Waals surface area (Å²) in [5.41, 5.74) is 7.12. The standard InChI is InChI=1S/C10H18N4O/c1-2-13-4-3-5-14-8(7-13)6-9(12-14)10(11)15/h6,10,15H,2-5,7,11H2,1H3. The molecule has 2 heterocycles. The summed E-state index contributed by atoms with van der Waals surface area (Å²) in [5, 5.41) is 13.5. The third-order valence-electron chi connectivity index (χ3n) is 2.86. The van der Waals surface area contributed by atoms with Crippen LogP contribution in [0.4, 0.5) is 0 Å². The number of hydrogen-bond acceptors (Lipinski definition) is 4. The first kappa shape index (κ1) is 10.6. The van der Waals surface area contributed by atoms with Crippen LogP contribution in [0.3, 0.4) is 0 Å². The van der Waals surface area contributed by atoms with Gasteiger partial charge in [0.1, 0.15) is 11.9 Å². The van der Waals surface area contributed by atoms with Crippen LogP contribution in [-0.4, -0.2) is 32.9 Å². The van der Waals surface area contributed by atoms with Crippen LogP contribution in [0.1, 0.15) is 31.0 Å². The molecule has 1 atom stereocenters. The smallest absolute Gasteiger partial charge is 0.147 e. The summed E-state index contributed by atoms with van der Waals surface area (Å²) in [7, 11) is 0. The zero-order valence-corrected chi connectivity index (χ0v) is 9.06. The number of hydrogen-bond donors (Lipinski definition) is 2. The van der Waals surface area contributed by atoms with Crippen LogP contribution >= 0.6 is 0 Å². The van der Waals surface area contributed by atoms with E-state index >= 15 is 0 Å². The molecule has 1 aromatic heterocycles. The SMILES string of the molecule is CCN1CCCn2nc(C(N)O)cc2C1. The molecule has 5 nitrogen and oxygen atoms in total. The van der Waals surface area contributed by atoms with Gasteiger partial charge in [-0.3, -0.25) is 9.58 Å².